The second kappa shape index (κ2) is 7.26. The number of ether oxygens (including phenoxy) is 1. The summed E-state index contributed by atoms with van der Waals surface area (Å²) in [7, 11) is 0. The number of hydrogen-bond acceptors (Lipinski definition) is 7. The third-order valence-electron chi connectivity index (χ3n) is 5.78. The van der Waals surface area contributed by atoms with Gasteiger partial charge in [-0.2, -0.15) is 0 Å². The number of pyridine rings is 1. The van der Waals surface area contributed by atoms with Crippen LogP contribution in [0.5, 0.6) is 5.75 Å². The molecule has 0 bridgehead atoms. The minimum atomic E-state index is -0.574. The van der Waals surface area contributed by atoms with E-state index in [-0.39, 0.29) is 18.1 Å². The lowest BCUT2D eigenvalue weighted by Crippen LogP contribution is -2.13. The van der Waals surface area contributed by atoms with Gasteiger partial charge in [0.25, 0.3) is 5.91 Å². The van der Waals surface area contributed by atoms with Gasteiger partial charge in [0.05, 0.1) is 12.8 Å². The Morgan fingerprint density at radius 3 is 2.94 bits per heavy atom. The van der Waals surface area contributed by atoms with Crippen LogP contribution >= 0.6 is 0 Å². The summed E-state index contributed by atoms with van der Waals surface area (Å²) < 4.78 is 23.4. The Balaban J connectivity index is 1.40. The lowest BCUT2D eigenvalue weighted by molar-refractivity contribution is 0.0994. The number of imidazole rings is 1. The Morgan fingerprint density at radius 2 is 2.06 bits per heavy atom. The number of carbonyl (C=O) groups excluding carboxylic acids is 1. The topological polar surface area (TPSA) is 125 Å². The molecular weight excluding hydrogens is 427 g/mol. The normalized spacial score (nSPS) is 12.8. The molecule has 3 N–H and O–H groups in total. The van der Waals surface area contributed by atoms with Crippen molar-refractivity contribution in [2.75, 3.05) is 11.9 Å². The number of nitrogens with one attached hydrogen (secondary N) is 1. The zero-order valence-corrected chi connectivity index (χ0v) is 17.2. The molecule has 1 aromatic carbocycles. The van der Waals surface area contributed by atoms with Crippen molar-refractivity contribution in [3.05, 3.63) is 71.8 Å². The van der Waals surface area contributed by atoms with Gasteiger partial charge in [0.2, 0.25) is 5.95 Å². The fraction of sp³-hybridized carbons (Fsp3) is 0.136. The SMILES string of the molecule is NC(=O)c1cnc2c(-c3cnc(NCc4c(F)ccc5c4CCO5)n4cnnc34)cccn12. The second-order valence-electron chi connectivity index (χ2n) is 7.60. The third kappa shape index (κ3) is 2.97. The van der Waals surface area contributed by atoms with Gasteiger partial charge in [0.1, 0.15) is 29.2 Å². The number of nitrogens with zero attached hydrogens (tertiary/aromatic N) is 6. The number of halogens is 1. The molecule has 0 saturated heterocycles. The molecular formula is C22H17FN8O2. The fourth-order valence-corrected chi connectivity index (χ4v) is 4.22. The number of carbonyl (C=O) groups is 1. The van der Waals surface area contributed by atoms with Crippen molar-refractivity contribution >= 4 is 23.1 Å². The van der Waals surface area contributed by atoms with E-state index in [2.05, 4.69) is 25.5 Å². The van der Waals surface area contributed by atoms with Crippen LogP contribution in [0.2, 0.25) is 0 Å². The zero-order valence-electron chi connectivity index (χ0n) is 17.2. The highest BCUT2D eigenvalue weighted by atomic mass is 19.1. The molecule has 33 heavy (non-hydrogen) atoms. The molecule has 0 atom stereocenters. The van der Waals surface area contributed by atoms with Gasteiger partial charge >= 0.3 is 0 Å². The quantitative estimate of drug-likeness (QED) is 0.426. The van der Waals surface area contributed by atoms with Gasteiger partial charge in [-0.1, -0.05) is 0 Å². The van der Waals surface area contributed by atoms with E-state index >= 15 is 0 Å². The summed E-state index contributed by atoms with van der Waals surface area (Å²) in [6, 6.07) is 6.72. The number of anilines is 1. The first-order valence-electron chi connectivity index (χ1n) is 10.2. The number of primary amides is 1. The summed E-state index contributed by atoms with van der Waals surface area (Å²) in [6.45, 7) is 0.779. The maximum atomic E-state index is 14.5. The fourth-order valence-electron chi connectivity index (χ4n) is 4.22. The highest BCUT2D eigenvalue weighted by Gasteiger charge is 2.21. The van der Waals surface area contributed by atoms with E-state index in [1.165, 1.54) is 18.6 Å². The molecule has 0 saturated carbocycles. The maximum Gasteiger partial charge on any atom is 0.267 e. The van der Waals surface area contributed by atoms with Gasteiger partial charge in [-0.15, -0.1) is 10.2 Å². The molecule has 0 radical (unpaired) electrons. The van der Waals surface area contributed by atoms with Crippen molar-refractivity contribution in [2.24, 2.45) is 5.73 Å². The van der Waals surface area contributed by atoms with E-state index in [9.17, 15) is 9.18 Å². The first kappa shape index (κ1) is 19.2. The Bertz CT molecular complexity index is 1560. The van der Waals surface area contributed by atoms with E-state index < -0.39 is 5.91 Å². The number of hydrogen-bond donors (Lipinski definition) is 2. The van der Waals surface area contributed by atoms with Crippen LogP contribution in [0.1, 0.15) is 21.6 Å². The minimum Gasteiger partial charge on any atom is -0.493 e. The predicted octanol–water partition coefficient (Wildman–Crippen LogP) is 2.22. The average Bonchev–Trinajstić information content (AvgIpc) is 3.57. The lowest BCUT2D eigenvalue weighted by atomic mass is 10.0. The van der Waals surface area contributed by atoms with Crippen molar-refractivity contribution in [1.82, 2.24) is 29.0 Å². The lowest BCUT2D eigenvalue weighted by Gasteiger charge is -2.13. The summed E-state index contributed by atoms with van der Waals surface area (Å²) in [5, 5.41) is 11.5. The summed E-state index contributed by atoms with van der Waals surface area (Å²) in [5.41, 5.74) is 9.61. The summed E-state index contributed by atoms with van der Waals surface area (Å²) in [6.07, 6.45) is 6.99. The molecule has 10 nitrogen and oxygen atoms in total. The van der Waals surface area contributed by atoms with Gasteiger partial charge in [-0.25, -0.2) is 14.4 Å². The van der Waals surface area contributed by atoms with Crippen LogP contribution in [-0.4, -0.2) is 41.5 Å². The van der Waals surface area contributed by atoms with Gasteiger partial charge in [0, 0.05) is 47.6 Å². The largest absolute Gasteiger partial charge is 0.493 e. The Kier molecular flexibility index (Phi) is 4.22. The number of amides is 1. The van der Waals surface area contributed by atoms with Crippen molar-refractivity contribution in [1.29, 1.82) is 0 Å². The van der Waals surface area contributed by atoms with E-state index in [4.69, 9.17) is 10.5 Å². The smallest absolute Gasteiger partial charge is 0.267 e. The highest BCUT2D eigenvalue weighted by molar-refractivity contribution is 5.94. The highest BCUT2D eigenvalue weighted by Crippen LogP contribution is 2.31. The van der Waals surface area contributed by atoms with Crippen LogP contribution in [0.15, 0.2) is 49.2 Å². The van der Waals surface area contributed by atoms with Crippen LogP contribution in [0.25, 0.3) is 22.4 Å². The molecule has 0 unspecified atom stereocenters. The molecule has 4 aromatic heterocycles. The molecule has 0 spiro atoms. The molecule has 1 aliphatic rings. The first-order chi connectivity index (χ1) is 16.1. The summed E-state index contributed by atoms with van der Waals surface area (Å²) in [4.78, 5) is 20.6. The Labute approximate surface area is 185 Å². The number of fused-ring (bicyclic) bond motifs is 3. The van der Waals surface area contributed by atoms with Crippen LogP contribution in [0, 0.1) is 5.82 Å². The maximum absolute atomic E-state index is 14.5. The summed E-state index contributed by atoms with van der Waals surface area (Å²) >= 11 is 0. The predicted molar refractivity (Wildman–Crippen MR) is 116 cm³/mol. The van der Waals surface area contributed by atoms with Gasteiger partial charge in [0.15, 0.2) is 5.65 Å². The number of benzene rings is 1. The van der Waals surface area contributed by atoms with E-state index in [0.29, 0.717) is 52.7 Å². The van der Waals surface area contributed by atoms with E-state index in [1.54, 1.807) is 33.3 Å². The van der Waals surface area contributed by atoms with Crippen molar-refractivity contribution in [3.8, 4) is 16.9 Å². The molecule has 1 aliphatic heterocycles. The molecule has 164 valence electrons. The second-order valence-corrected chi connectivity index (χ2v) is 7.60. The van der Waals surface area contributed by atoms with Gasteiger partial charge in [-0.05, 0) is 24.3 Å². The van der Waals surface area contributed by atoms with Gasteiger partial charge < -0.3 is 15.8 Å². The zero-order chi connectivity index (χ0) is 22.5. The standard InChI is InChI=1S/C22H17FN8O2/c23-16-3-4-18-12(5-7-33-18)14(16)8-26-22-27-9-15(21-29-28-11-31(21)22)13-2-1-6-30-17(19(24)32)10-25-20(13)30/h1-4,6,9-11H,5,7-8H2,(H2,24,32)(H,26,27). The van der Waals surface area contributed by atoms with Crippen molar-refractivity contribution in [3.63, 3.8) is 0 Å². The number of rotatable bonds is 5. The molecule has 1 amide bonds. The molecule has 0 aliphatic carbocycles. The minimum absolute atomic E-state index is 0.232. The van der Waals surface area contributed by atoms with Gasteiger partial charge in [-0.3, -0.25) is 13.6 Å². The first-order valence-corrected chi connectivity index (χ1v) is 10.2. The monoisotopic (exact) mass is 444 g/mol. The van der Waals surface area contributed by atoms with Crippen LogP contribution in [0.3, 0.4) is 0 Å². The molecule has 11 heteroatoms. The van der Waals surface area contributed by atoms with Crippen LogP contribution in [0.4, 0.5) is 10.3 Å². The molecule has 5 heterocycles. The average molecular weight is 444 g/mol. The third-order valence-corrected chi connectivity index (χ3v) is 5.78. The number of nitrogens with two attached hydrogens (primary N) is 1. The molecule has 6 rings (SSSR count). The summed E-state index contributed by atoms with van der Waals surface area (Å²) in [5.74, 6) is 0.312. The Morgan fingerprint density at radius 1 is 1.15 bits per heavy atom. The van der Waals surface area contributed by atoms with Crippen molar-refractivity contribution in [2.45, 2.75) is 13.0 Å². The van der Waals surface area contributed by atoms with Crippen LogP contribution in [-0.2, 0) is 13.0 Å². The molecule has 0 fully saturated rings. The van der Waals surface area contributed by atoms with Crippen LogP contribution < -0.4 is 15.8 Å². The van der Waals surface area contributed by atoms with E-state index in [0.717, 1.165) is 5.56 Å². The van der Waals surface area contributed by atoms with E-state index in [1.807, 2.05) is 6.07 Å². The molecule has 5 aromatic rings. The van der Waals surface area contributed by atoms with Crippen molar-refractivity contribution < 1.29 is 13.9 Å². The number of aromatic nitrogens is 6. The Hall–Kier alpha value is -4.54.